The van der Waals surface area contributed by atoms with Crippen LogP contribution in [0.5, 0.6) is 0 Å². The van der Waals surface area contributed by atoms with Gasteiger partial charge in [-0.2, -0.15) is 4.98 Å². The Bertz CT molecular complexity index is 980. The maximum absolute atomic E-state index is 12.4. The molecular weight excluding hydrogens is 362 g/mol. The molecule has 0 spiro atoms. The van der Waals surface area contributed by atoms with Crippen molar-refractivity contribution in [1.29, 1.82) is 0 Å². The molecule has 0 aliphatic carbocycles. The molecule has 6 heteroatoms. The zero-order valence-corrected chi connectivity index (χ0v) is 17.0. The number of rotatable bonds is 6. The van der Waals surface area contributed by atoms with Gasteiger partial charge in [-0.25, -0.2) is 4.68 Å². The number of aryl methyl sites for hydroxylation is 2. The standard InChI is InChI=1S/C23H27N5O/c1-27(2)19-11-6-10-18(16-19)20-12-7-15-28-22(20)25-23(26-28)24-21(29)14-13-17-8-4-3-5-9-17/h3-6,8-11,16,20H,7,12-15H2,1-2H3,(H,24,26,29). The number of carbonyl (C=O) groups excluding carboxylic acids is 1. The number of aromatic nitrogens is 3. The molecule has 1 N–H and O–H groups in total. The number of benzene rings is 2. The van der Waals surface area contributed by atoms with Crippen LogP contribution < -0.4 is 10.2 Å². The lowest BCUT2D eigenvalue weighted by molar-refractivity contribution is -0.116. The molecule has 1 unspecified atom stereocenters. The molecule has 2 aromatic carbocycles. The molecule has 6 nitrogen and oxygen atoms in total. The van der Waals surface area contributed by atoms with Gasteiger partial charge in [0.25, 0.3) is 0 Å². The second kappa shape index (κ2) is 8.47. The first-order valence-electron chi connectivity index (χ1n) is 10.2. The van der Waals surface area contributed by atoms with Crippen molar-refractivity contribution in [1.82, 2.24) is 14.8 Å². The van der Waals surface area contributed by atoms with Gasteiger partial charge in [-0.3, -0.25) is 10.1 Å². The predicted octanol–water partition coefficient (Wildman–Crippen LogP) is 3.84. The van der Waals surface area contributed by atoms with E-state index in [4.69, 9.17) is 0 Å². The molecule has 1 aliphatic rings. The molecule has 1 aromatic heterocycles. The molecule has 1 amide bonds. The summed E-state index contributed by atoms with van der Waals surface area (Å²) in [7, 11) is 4.09. The second-order valence-corrected chi connectivity index (χ2v) is 7.73. The number of anilines is 2. The number of carbonyl (C=O) groups is 1. The van der Waals surface area contributed by atoms with E-state index in [-0.39, 0.29) is 11.8 Å². The normalized spacial score (nSPS) is 15.6. The van der Waals surface area contributed by atoms with E-state index in [0.717, 1.165) is 30.8 Å². The topological polar surface area (TPSA) is 63.1 Å². The molecular formula is C23H27N5O. The number of fused-ring (bicyclic) bond motifs is 1. The van der Waals surface area contributed by atoms with Crippen LogP contribution in [0.25, 0.3) is 0 Å². The van der Waals surface area contributed by atoms with Crippen molar-refractivity contribution in [2.24, 2.45) is 0 Å². The van der Waals surface area contributed by atoms with Gasteiger partial charge in [0.05, 0.1) is 0 Å². The molecule has 3 aromatic rings. The number of amides is 1. The van der Waals surface area contributed by atoms with Gasteiger partial charge >= 0.3 is 0 Å². The second-order valence-electron chi connectivity index (χ2n) is 7.73. The molecule has 2 heterocycles. The molecule has 0 saturated carbocycles. The summed E-state index contributed by atoms with van der Waals surface area (Å²) < 4.78 is 1.95. The van der Waals surface area contributed by atoms with Crippen LogP contribution in [-0.2, 0) is 17.8 Å². The molecule has 1 aliphatic heterocycles. The van der Waals surface area contributed by atoms with E-state index < -0.39 is 0 Å². The van der Waals surface area contributed by atoms with Gasteiger partial charge in [0.15, 0.2) is 0 Å². The zero-order valence-electron chi connectivity index (χ0n) is 17.0. The molecule has 150 valence electrons. The Labute approximate surface area is 171 Å². The third kappa shape index (κ3) is 4.47. The molecule has 29 heavy (non-hydrogen) atoms. The predicted molar refractivity (Wildman–Crippen MR) is 115 cm³/mol. The van der Waals surface area contributed by atoms with Gasteiger partial charge in [-0.05, 0) is 42.5 Å². The van der Waals surface area contributed by atoms with Crippen molar-refractivity contribution < 1.29 is 4.79 Å². The Morgan fingerprint density at radius 3 is 2.79 bits per heavy atom. The van der Waals surface area contributed by atoms with E-state index in [1.807, 2.05) is 49.1 Å². The van der Waals surface area contributed by atoms with E-state index in [0.29, 0.717) is 18.8 Å². The Balaban J connectivity index is 1.47. The highest BCUT2D eigenvalue weighted by Crippen LogP contribution is 2.34. The van der Waals surface area contributed by atoms with Crippen LogP contribution in [0, 0.1) is 0 Å². The fourth-order valence-corrected chi connectivity index (χ4v) is 3.83. The lowest BCUT2D eigenvalue weighted by atomic mass is 9.91. The fourth-order valence-electron chi connectivity index (χ4n) is 3.83. The number of nitrogens with zero attached hydrogens (tertiary/aromatic N) is 4. The summed E-state index contributed by atoms with van der Waals surface area (Å²) in [6.45, 7) is 0.839. The van der Waals surface area contributed by atoms with Crippen molar-refractivity contribution in [3.05, 3.63) is 71.5 Å². The van der Waals surface area contributed by atoms with Gasteiger partial charge in [0.2, 0.25) is 11.9 Å². The Kier molecular flexibility index (Phi) is 5.60. The highest BCUT2D eigenvalue weighted by atomic mass is 16.1. The van der Waals surface area contributed by atoms with E-state index in [1.54, 1.807) is 0 Å². The Hall–Kier alpha value is -3.15. The van der Waals surface area contributed by atoms with Crippen LogP contribution in [0.1, 0.15) is 42.1 Å². The molecule has 0 bridgehead atoms. The van der Waals surface area contributed by atoms with Gasteiger partial charge < -0.3 is 4.90 Å². The van der Waals surface area contributed by atoms with E-state index in [2.05, 4.69) is 44.6 Å². The minimum atomic E-state index is -0.0528. The van der Waals surface area contributed by atoms with Crippen molar-refractivity contribution in [2.75, 3.05) is 24.3 Å². The van der Waals surface area contributed by atoms with Crippen molar-refractivity contribution >= 4 is 17.5 Å². The molecule has 0 saturated heterocycles. The number of hydrogen-bond donors (Lipinski definition) is 1. The summed E-state index contributed by atoms with van der Waals surface area (Å²) in [5, 5.41) is 7.42. The van der Waals surface area contributed by atoms with Crippen molar-refractivity contribution in [2.45, 2.75) is 38.1 Å². The van der Waals surface area contributed by atoms with Crippen molar-refractivity contribution in [3.63, 3.8) is 0 Å². The first-order valence-corrected chi connectivity index (χ1v) is 10.2. The summed E-state index contributed by atoms with van der Waals surface area (Å²) in [5.74, 6) is 1.49. The van der Waals surface area contributed by atoms with Crippen molar-refractivity contribution in [3.8, 4) is 0 Å². The average Bonchev–Trinajstić information content (AvgIpc) is 3.15. The Morgan fingerprint density at radius 1 is 1.17 bits per heavy atom. The van der Waals surface area contributed by atoms with E-state index in [1.165, 1.54) is 11.3 Å². The van der Waals surface area contributed by atoms with Crippen LogP contribution in [0.4, 0.5) is 11.6 Å². The molecule has 0 radical (unpaired) electrons. The lowest BCUT2D eigenvalue weighted by Gasteiger charge is -2.23. The average molecular weight is 390 g/mol. The molecule has 4 rings (SSSR count). The Morgan fingerprint density at radius 2 is 2.00 bits per heavy atom. The summed E-state index contributed by atoms with van der Waals surface area (Å²) in [6, 6.07) is 18.6. The highest BCUT2D eigenvalue weighted by molar-refractivity contribution is 5.89. The largest absolute Gasteiger partial charge is 0.378 e. The van der Waals surface area contributed by atoms with Crippen LogP contribution in [0.15, 0.2) is 54.6 Å². The number of nitrogens with one attached hydrogen (secondary N) is 1. The summed E-state index contributed by atoms with van der Waals surface area (Å²) in [5.41, 5.74) is 3.57. The van der Waals surface area contributed by atoms with Crippen LogP contribution in [0.2, 0.25) is 0 Å². The van der Waals surface area contributed by atoms with Crippen LogP contribution >= 0.6 is 0 Å². The van der Waals surface area contributed by atoms with Gasteiger partial charge in [-0.1, -0.05) is 42.5 Å². The van der Waals surface area contributed by atoms with E-state index >= 15 is 0 Å². The smallest absolute Gasteiger partial charge is 0.249 e. The maximum atomic E-state index is 12.4. The quantitative estimate of drug-likeness (QED) is 0.696. The van der Waals surface area contributed by atoms with Gasteiger partial charge in [-0.15, -0.1) is 5.10 Å². The molecule has 0 fully saturated rings. The van der Waals surface area contributed by atoms with Crippen LogP contribution in [0.3, 0.4) is 0 Å². The minimum Gasteiger partial charge on any atom is -0.378 e. The van der Waals surface area contributed by atoms with Gasteiger partial charge in [0, 0.05) is 38.7 Å². The van der Waals surface area contributed by atoms with Gasteiger partial charge in [0.1, 0.15) is 5.82 Å². The lowest BCUT2D eigenvalue weighted by Crippen LogP contribution is -2.18. The first kappa shape index (κ1) is 19.2. The monoisotopic (exact) mass is 389 g/mol. The fraction of sp³-hybridized carbons (Fsp3) is 0.348. The SMILES string of the molecule is CN(C)c1cccc(C2CCCn3nc(NC(=O)CCc4ccccc4)nc32)c1. The first-order chi connectivity index (χ1) is 14.1. The highest BCUT2D eigenvalue weighted by Gasteiger charge is 2.26. The third-order valence-corrected chi connectivity index (χ3v) is 5.40. The summed E-state index contributed by atoms with van der Waals surface area (Å²) >= 11 is 0. The summed E-state index contributed by atoms with van der Waals surface area (Å²) in [4.78, 5) is 19.2. The van der Waals surface area contributed by atoms with Crippen LogP contribution in [-0.4, -0.2) is 34.8 Å². The van der Waals surface area contributed by atoms with E-state index in [9.17, 15) is 4.79 Å². The zero-order chi connectivity index (χ0) is 20.2. The summed E-state index contributed by atoms with van der Waals surface area (Å²) in [6.07, 6.45) is 3.22. The number of hydrogen-bond acceptors (Lipinski definition) is 4. The third-order valence-electron chi connectivity index (χ3n) is 5.40. The maximum Gasteiger partial charge on any atom is 0.249 e. The molecule has 1 atom stereocenters. The minimum absolute atomic E-state index is 0.0528.